The molecular weight excluding hydrogens is 639 g/mol. The van der Waals surface area contributed by atoms with Gasteiger partial charge in [0.25, 0.3) is 0 Å². The molecule has 1 saturated heterocycles. The first-order chi connectivity index (χ1) is 23.1. The largest absolute Gasteiger partial charge is 0.472 e. The van der Waals surface area contributed by atoms with Crippen LogP contribution in [0, 0.1) is 5.92 Å². The number of phosphoric acid groups is 1. The summed E-state index contributed by atoms with van der Waals surface area (Å²) in [5.41, 5.74) is 0. The predicted molar refractivity (Wildman–Crippen MR) is 186 cm³/mol. The standard InChI is InChI=1S/C36H67O11P/c1-4-5-16-22-33-34(47-33)23-18-13-8-6-7-9-14-19-24-35(39)43-28-32(29-45-48(41,42)44-27-31(38)26-37)46-36(40)25-20-15-11-10-12-17-21-30(2)3/h13,18,30-34,37-38H,4-12,14-17,19-29H2,1-3H3,(H,41,42)/b18-13-/t31-,32+,33?,34?/m0/s1. The summed E-state index contributed by atoms with van der Waals surface area (Å²) >= 11 is 0. The van der Waals surface area contributed by atoms with E-state index in [1.165, 1.54) is 44.9 Å². The predicted octanol–water partition coefficient (Wildman–Crippen LogP) is 7.73. The van der Waals surface area contributed by atoms with E-state index in [0.29, 0.717) is 31.0 Å². The van der Waals surface area contributed by atoms with E-state index in [2.05, 4.69) is 37.4 Å². The molecule has 48 heavy (non-hydrogen) atoms. The Balaban J connectivity index is 2.28. The van der Waals surface area contributed by atoms with Crippen LogP contribution in [0.3, 0.4) is 0 Å². The van der Waals surface area contributed by atoms with Gasteiger partial charge >= 0.3 is 19.8 Å². The van der Waals surface area contributed by atoms with E-state index >= 15 is 0 Å². The lowest BCUT2D eigenvalue weighted by molar-refractivity contribution is -0.161. The molecule has 3 unspecified atom stereocenters. The SMILES string of the molecule is CCCCCC1OC1C/C=C\CCCCCCCC(=O)OC[C@H](COP(=O)(O)OC[C@@H](O)CO)OC(=O)CCCCCCCCC(C)C. The molecule has 0 aromatic rings. The van der Waals surface area contributed by atoms with E-state index in [1.54, 1.807) is 0 Å². The summed E-state index contributed by atoms with van der Waals surface area (Å²) in [6.45, 7) is 4.52. The van der Waals surface area contributed by atoms with Gasteiger partial charge in [-0.2, -0.15) is 0 Å². The molecule has 0 aromatic heterocycles. The van der Waals surface area contributed by atoms with Crippen molar-refractivity contribution in [3.8, 4) is 0 Å². The fourth-order valence-corrected chi connectivity index (χ4v) is 6.03. The number of ether oxygens (including phenoxy) is 3. The van der Waals surface area contributed by atoms with Crippen molar-refractivity contribution >= 4 is 19.8 Å². The van der Waals surface area contributed by atoms with Crippen molar-refractivity contribution < 1.29 is 52.5 Å². The third-order valence-electron chi connectivity index (χ3n) is 8.27. The van der Waals surface area contributed by atoms with Gasteiger partial charge in [-0.25, -0.2) is 4.57 Å². The average Bonchev–Trinajstić information content (AvgIpc) is 3.81. The van der Waals surface area contributed by atoms with E-state index < -0.39 is 51.8 Å². The molecule has 0 saturated carbocycles. The monoisotopic (exact) mass is 706 g/mol. The third kappa shape index (κ3) is 26.5. The van der Waals surface area contributed by atoms with Gasteiger partial charge in [-0.1, -0.05) is 110 Å². The highest BCUT2D eigenvalue weighted by molar-refractivity contribution is 7.47. The van der Waals surface area contributed by atoms with Crippen molar-refractivity contribution in [2.24, 2.45) is 5.92 Å². The van der Waals surface area contributed by atoms with Gasteiger partial charge in [0.05, 0.1) is 32.0 Å². The Hall–Kier alpha value is -1.33. The third-order valence-corrected chi connectivity index (χ3v) is 9.22. The number of aliphatic hydroxyl groups is 2. The lowest BCUT2D eigenvalue weighted by Gasteiger charge is -2.20. The number of rotatable bonds is 33. The van der Waals surface area contributed by atoms with Crippen molar-refractivity contribution in [1.82, 2.24) is 0 Å². The number of esters is 2. The van der Waals surface area contributed by atoms with Gasteiger partial charge in [0.15, 0.2) is 6.10 Å². The zero-order chi connectivity index (χ0) is 35.5. The van der Waals surface area contributed by atoms with Crippen LogP contribution in [0.2, 0.25) is 0 Å². The zero-order valence-electron chi connectivity index (χ0n) is 30.1. The maximum atomic E-state index is 12.5. The second-order valence-electron chi connectivity index (χ2n) is 13.5. The minimum absolute atomic E-state index is 0.177. The molecule has 1 fully saturated rings. The number of aliphatic hydroxyl groups excluding tert-OH is 2. The van der Waals surface area contributed by atoms with Crippen LogP contribution < -0.4 is 0 Å². The highest BCUT2D eigenvalue weighted by Gasteiger charge is 2.36. The molecule has 0 aromatic carbocycles. The Labute approximate surface area is 290 Å². The molecular formula is C36H67O11P. The number of allylic oxidation sites excluding steroid dienone is 1. The quantitative estimate of drug-likeness (QED) is 0.0201. The molecule has 0 aliphatic carbocycles. The van der Waals surface area contributed by atoms with E-state index in [1.807, 2.05) is 0 Å². The van der Waals surface area contributed by atoms with Crippen LogP contribution in [-0.4, -0.2) is 77.9 Å². The highest BCUT2D eigenvalue weighted by Crippen LogP contribution is 2.43. The minimum atomic E-state index is -4.61. The Morgan fingerprint density at radius 1 is 0.792 bits per heavy atom. The second kappa shape index (κ2) is 28.4. The summed E-state index contributed by atoms with van der Waals surface area (Å²) in [6.07, 6.45) is 22.5. The average molecular weight is 707 g/mol. The normalized spacial score (nSPS) is 18.6. The molecule has 1 aliphatic rings. The Kier molecular flexibility index (Phi) is 26.4. The van der Waals surface area contributed by atoms with Gasteiger partial charge in [-0.3, -0.25) is 18.6 Å². The van der Waals surface area contributed by atoms with Gasteiger partial charge in [-0.15, -0.1) is 0 Å². The summed E-state index contributed by atoms with van der Waals surface area (Å²) in [5.74, 6) is -0.240. The summed E-state index contributed by atoms with van der Waals surface area (Å²) in [4.78, 5) is 34.7. The van der Waals surface area contributed by atoms with Gasteiger partial charge in [0.2, 0.25) is 0 Å². The molecule has 0 bridgehead atoms. The lowest BCUT2D eigenvalue weighted by Crippen LogP contribution is -2.29. The molecule has 1 rings (SSSR count). The Morgan fingerprint density at radius 3 is 2.08 bits per heavy atom. The minimum Gasteiger partial charge on any atom is -0.462 e. The van der Waals surface area contributed by atoms with E-state index in [9.17, 15) is 24.2 Å². The first-order valence-electron chi connectivity index (χ1n) is 18.6. The van der Waals surface area contributed by atoms with Crippen LogP contribution in [0.15, 0.2) is 12.2 Å². The number of epoxide rings is 1. The van der Waals surface area contributed by atoms with Crippen molar-refractivity contribution in [2.45, 2.75) is 174 Å². The molecule has 1 aliphatic heterocycles. The van der Waals surface area contributed by atoms with Gasteiger partial charge in [0, 0.05) is 12.8 Å². The molecule has 0 radical (unpaired) electrons. The lowest BCUT2D eigenvalue weighted by atomic mass is 10.0. The topological polar surface area (TPSA) is 161 Å². The van der Waals surface area contributed by atoms with Crippen LogP contribution in [0.1, 0.15) is 149 Å². The Morgan fingerprint density at radius 2 is 1.42 bits per heavy atom. The number of unbranched alkanes of at least 4 members (excludes halogenated alkanes) is 12. The van der Waals surface area contributed by atoms with Crippen molar-refractivity contribution in [1.29, 1.82) is 0 Å². The van der Waals surface area contributed by atoms with Gasteiger partial charge in [-0.05, 0) is 44.4 Å². The molecule has 0 amide bonds. The first kappa shape index (κ1) is 44.7. The van der Waals surface area contributed by atoms with Crippen LogP contribution in [0.4, 0.5) is 0 Å². The molecule has 11 nitrogen and oxygen atoms in total. The number of hydrogen-bond acceptors (Lipinski definition) is 10. The van der Waals surface area contributed by atoms with Crippen LogP contribution in [0.5, 0.6) is 0 Å². The van der Waals surface area contributed by atoms with Crippen LogP contribution >= 0.6 is 7.82 Å². The van der Waals surface area contributed by atoms with Crippen molar-refractivity contribution in [2.75, 3.05) is 26.4 Å². The van der Waals surface area contributed by atoms with E-state index in [0.717, 1.165) is 57.8 Å². The molecule has 0 spiro atoms. The zero-order valence-corrected chi connectivity index (χ0v) is 31.0. The maximum absolute atomic E-state index is 12.5. The molecule has 282 valence electrons. The summed E-state index contributed by atoms with van der Waals surface area (Å²) < 4.78 is 38.2. The number of carbonyl (C=O) groups excluding carboxylic acids is 2. The number of phosphoric ester groups is 1. The second-order valence-corrected chi connectivity index (χ2v) is 14.9. The molecule has 5 atom stereocenters. The maximum Gasteiger partial charge on any atom is 0.472 e. The summed E-state index contributed by atoms with van der Waals surface area (Å²) in [5, 5.41) is 18.2. The highest BCUT2D eigenvalue weighted by atomic mass is 31.2. The Bertz CT molecular complexity index is 897. The summed E-state index contributed by atoms with van der Waals surface area (Å²) in [7, 11) is -4.61. The molecule has 1 heterocycles. The molecule has 3 N–H and O–H groups in total. The first-order valence-corrected chi connectivity index (χ1v) is 20.1. The van der Waals surface area contributed by atoms with E-state index in [-0.39, 0.29) is 19.4 Å². The van der Waals surface area contributed by atoms with Gasteiger partial charge in [0.1, 0.15) is 12.7 Å². The van der Waals surface area contributed by atoms with Crippen molar-refractivity contribution in [3.05, 3.63) is 12.2 Å². The van der Waals surface area contributed by atoms with Gasteiger partial charge < -0.3 is 29.3 Å². The fraction of sp³-hybridized carbons (Fsp3) is 0.889. The van der Waals surface area contributed by atoms with Crippen molar-refractivity contribution in [3.63, 3.8) is 0 Å². The fourth-order valence-electron chi connectivity index (χ4n) is 5.24. The van der Waals surface area contributed by atoms with Crippen LogP contribution in [-0.2, 0) is 37.4 Å². The summed E-state index contributed by atoms with van der Waals surface area (Å²) in [6, 6.07) is 0. The smallest absolute Gasteiger partial charge is 0.462 e. The van der Waals surface area contributed by atoms with E-state index in [4.69, 9.17) is 23.8 Å². The van der Waals surface area contributed by atoms with Crippen LogP contribution in [0.25, 0.3) is 0 Å². The number of hydrogen-bond donors (Lipinski definition) is 3. The molecule has 12 heteroatoms. The number of carbonyl (C=O) groups is 2.